The van der Waals surface area contributed by atoms with Crippen LogP contribution >= 0.6 is 0 Å². The monoisotopic (exact) mass is 606 g/mol. The van der Waals surface area contributed by atoms with Crippen molar-refractivity contribution in [3.8, 4) is 16.9 Å². The molecule has 1 aromatic heterocycles. The number of nitrogens with zero attached hydrogens (tertiary/aromatic N) is 4. The van der Waals surface area contributed by atoms with Crippen molar-refractivity contribution >= 4 is 11.9 Å². The summed E-state index contributed by atoms with van der Waals surface area (Å²) in [7, 11) is 0. The lowest BCUT2D eigenvalue weighted by Gasteiger charge is -2.34. The zero-order valence-corrected chi connectivity index (χ0v) is 25.1. The van der Waals surface area contributed by atoms with Gasteiger partial charge in [0.2, 0.25) is 5.95 Å². The highest BCUT2D eigenvalue weighted by atomic mass is 19.1. The molecule has 2 fully saturated rings. The van der Waals surface area contributed by atoms with E-state index in [0.29, 0.717) is 61.0 Å². The Hall–Kier alpha value is -4.84. The fourth-order valence-corrected chi connectivity index (χ4v) is 7.41. The third-order valence-corrected chi connectivity index (χ3v) is 9.88. The molecule has 4 aromatic rings. The fraction of sp³-hybridized carbons (Fsp3) is 0.333. The van der Waals surface area contributed by atoms with Crippen LogP contribution < -0.4 is 9.64 Å². The number of halogens is 2. The Bertz CT molecular complexity index is 1840. The van der Waals surface area contributed by atoms with Crippen LogP contribution in [0.5, 0.6) is 5.75 Å². The molecule has 3 aliphatic rings. The maximum atomic E-state index is 15.9. The predicted octanol–water partition coefficient (Wildman–Crippen LogP) is 7.00. The molecule has 0 spiro atoms. The number of piperidine rings is 1. The highest BCUT2D eigenvalue weighted by molar-refractivity contribution is 5.78. The number of anilines is 1. The second-order valence-corrected chi connectivity index (χ2v) is 12.4. The summed E-state index contributed by atoms with van der Waals surface area (Å²) in [6.07, 6.45) is 1.97. The number of fused-ring (bicyclic) bond motifs is 3. The number of aromatic nitrogens is 2. The number of aryl methyl sites for hydroxylation is 2. The van der Waals surface area contributed by atoms with Gasteiger partial charge >= 0.3 is 5.97 Å². The number of carbonyl (C=O) groups is 1. The number of carboxylic acid groups (broad SMARTS) is 1. The maximum absolute atomic E-state index is 15.9. The Kier molecular flexibility index (Phi) is 7.03. The predicted molar refractivity (Wildman–Crippen MR) is 165 cm³/mol. The van der Waals surface area contributed by atoms with E-state index in [-0.39, 0.29) is 35.5 Å². The summed E-state index contributed by atoms with van der Waals surface area (Å²) >= 11 is 0. The van der Waals surface area contributed by atoms with Gasteiger partial charge in [-0.2, -0.15) is 0 Å². The molecule has 45 heavy (non-hydrogen) atoms. The van der Waals surface area contributed by atoms with Gasteiger partial charge in [-0.05, 0) is 61.6 Å². The van der Waals surface area contributed by atoms with E-state index in [0.717, 1.165) is 16.7 Å². The molecule has 0 amide bonds. The van der Waals surface area contributed by atoms with Gasteiger partial charge < -0.3 is 19.6 Å². The maximum Gasteiger partial charge on any atom is 0.307 e. The first-order valence-corrected chi connectivity index (χ1v) is 15.2. The SMILES string of the molecule is [C-]#[N+]C1(c2ccccc2)CCN(c2nc(C)c(-c3ccc(F)c(COc4ccc5c(c4)C[C@H]4[C@H](C(=O)O)[C@@H]54)c3F)c(C)n2)CC1. The Morgan fingerprint density at radius 3 is 2.44 bits per heavy atom. The van der Waals surface area contributed by atoms with Crippen LogP contribution in [0.1, 0.15) is 52.4 Å². The molecule has 2 aliphatic carbocycles. The number of carboxylic acids is 1. The molecule has 9 heteroatoms. The molecular weight excluding hydrogens is 574 g/mol. The molecule has 0 radical (unpaired) electrons. The Labute approximate surface area is 260 Å². The number of benzene rings is 3. The number of hydrogen-bond acceptors (Lipinski definition) is 5. The van der Waals surface area contributed by atoms with E-state index < -0.39 is 23.1 Å². The van der Waals surface area contributed by atoms with Gasteiger partial charge in [0, 0.05) is 48.5 Å². The van der Waals surface area contributed by atoms with Crippen LogP contribution in [-0.2, 0) is 23.4 Å². The first kappa shape index (κ1) is 28.9. The summed E-state index contributed by atoms with van der Waals surface area (Å²) in [6, 6.07) is 18.0. The molecule has 3 atom stereocenters. The van der Waals surface area contributed by atoms with Crippen molar-refractivity contribution in [3.63, 3.8) is 0 Å². The van der Waals surface area contributed by atoms with Crippen molar-refractivity contribution < 1.29 is 23.4 Å². The van der Waals surface area contributed by atoms with Gasteiger partial charge in [0.25, 0.3) is 5.54 Å². The largest absolute Gasteiger partial charge is 0.489 e. The number of rotatable bonds is 7. The summed E-state index contributed by atoms with van der Waals surface area (Å²) < 4.78 is 36.7. The van der Waals surface area contributed by atoms with Crippen molar-refractivity contribution in [2.24, 2.45) is 11.8 Å². The third kappa shape index (κ3) is 4.89. The number of hydrogen-bond donors (Lipinski definition) is 1. The van der Waals surface area contributed by atoms with Crippen molar-refractivity contribution in [3.05, 3.63) is 117 Å². The smallest absolute Gasteiger partial charge is 0.307 e. The average Bonchev–Trinajstić information content (AvgIpc) is 3.64. The normalized spacial score (nSPS) is 21.0. The van der Waals surface area contributed by atoms with E-state index in [1.165, 1.54) is 12.1 Å². The topological polar surface area (TPSA) is 79.9 Å². The number of ether oxygens (including phenoxy) is 1. The molecule has 2 heterocycles. The van der Waals surface area contributed by atoms with Crippen LogP contribution in [0.15, 0.2) is 60.7 Å². The highest BCUT2D eigenvalue weighted by Crippen LogP contribution is 2.61. The van der Waals surface area contributed by atoms with Gasteiger partial charge in [0.15, 0.2) is 0 Å². The van der Waals surface area contributed by atoms with Gasteiger partial charge in [-0.3, -0.25) is 4.79 Å². The summed E-state index contributed by atoms with van der Waals surface area (Å²) in [5, 5.41) is 9.36. The first-order chi connectivity index (χ1) is 21.7. The molecule has 1 saturated heterocycles. The van der Waals surface area contributed by atoms with E-state index in [1.807, 2.05) is 42.5 Å². The molecule has 7 rings (SSSR count). The lowest BCUT2D eigenvalue weighted by molar-refractivity contribution is -0.139. The van der Waals surface area contributed by atoms with E-state index in [9.17, 15) is 14.3 Å². The van der Waals surface area contributed by atoms with Crippen molar-refractivity contribution in [2.75, 3.05) is 18.0 Å². The number of aliphatic carboxylic acids is 1. The summed E-state index contributed by atoms with van der Waals surface area (Å²) in [5.74, 6) is -1.30. The van der Waals surface area contributed by atoms with Crippen molar-refractivity contribution in [2.45, 2.75) is 51.2 Å². The average molecular weight is 607 g/mol. The molecule has 0 unspecified atom stereocenters. The van der Waals surface area contributed by atoms with Crippen molar-refractivity contribution in [1.82, 2.24) is 9.97 Å². The van der Waals surface area contributed by atoms with Crippen molar-refractivity contribution in [1.29, 1.82) is 0 Å². The summed E-state index contributed by atoms with van der Waals surface area (Å²) in [5.41, 5.74) is 4.22. The highest BCUT2D eigenvalue weighted by Gasteiger charge is 2.59. The van der Waals surface area contributed by atoms with Crippen LogP contribution in [0.4, 0.5) is 14.7 Å². The minimum atomic E-state index is -0.759. The first-order valence-electron chi connectivity index (χ1n) is 15.2. The third-order valence-electron chi connectivity index (χ3n) is 9.88. The zero-order chi connectivity index (χ0) is 31.5. The molecule has 1 saturated carbocycles. The molecule has 0 bridgehead atoms. The van der Waals surface area contributed by atoms with Gasteiger partial charge in [0.1, 0.15) is 24.0 Å². The minimum Gasteiger partial charge on any atom is -0.489 e. The zero-order valence-electron chi connectivity index (χ0n) is 25.1. The Balaban J connectivity index is 1.08. The van der Waals surface area contributed by atoms with Crippen LogP contribution in [-0.4, -0.2) is 34.1 Å². The Morgan fingerprint density at radius 2 is 1.78 bits per heavy atom. The van der Waals surface area contributed by atoms with Crippen LogP contribution in [0.3, 0.4) is 0 Å². The quantitative estimate of drug-likeness (QED) is 0.228. The molecule has 228 valence electrons. The van der Waals surface area contributed by atoms with Gasteiger partial charge in [0.05, 0.1) is 22.9 Å². The van der Waals surface area contributed by atoms with E-state index in [1.54, 1.807) is 19.9 Å². The summed E-state index contributed by atoms with van der Waals surface area (Å²) in [4.78, 5) is 27.0. The van der Waals surface area contributed by atoms with E-state index >= 15 is 4.39 Å². The molecule has 1 N–H and O–H groups in total. The van der Waals surface area contributed by atoms with E-state index in [2.05, 4.69) is 9.74 Å². The van der Waals surface area contributed by atoms with Gasteiger partial charge in [-0.1, -0.05) is 36.4 Å². The lowest BCUT2D eigenvalue weighted by atomic mass is 9.82. The van der Waals surface area contributed by atoms with Crippen LogP contribution in [0.2, 0.25) is 0 Å². The lowest BCUT2D eigenvalue weighted by Crippen LogP contribution is -2.41. The second kappa shape index (κ2) is 11.0. The summed E-state index contributed by atoms with van der Waals surface area (Å²) in [6.45, 7) is 12.5. The Morgan fingerprint density at radius 1 is 1.07 bits per heavy atom. The van der Waals surface area contributed by atoms with Gasteiger partial charge in [-0.15, -0.1) is 0 Å². The molecular formula is C36H32F2N4O3. The standard InChI is InChI=1S/C36H32F2N4O3/c1-20-30(21(2)41-35(40-20)42-15-13-36(39-3,14-16-42)23-7-5-4-6-8-23)26-11-12-29(37)28(33(26)38)19-45-24-9-10-25-22(17-24)18-27-31(25)32(27)34(43)44/h4-12,17,27,31-32H,13-16,18-19H2,1-2H3,(H,43,44)/t27-,31+,32+/m1/s1. The minimum absolute atomic E-state index is 0.0507. The molecule has 3 aromatic carbocycles. The molecule has 1 aliphatic heterocycles. The molecule has 7 nitrogen and oxygen atoms in total. The van der Waals surface area contributed by atoms with Crippen LogP contribution in [0, 0.1) is 43.9 Å². The second-order valence-electron chi connectivity index (χ2n) is 12.4. The van der Waals surface area contributed by atoms with Crippen LogP contribution in [0.25, 0.3) is 16.0 Å². The fourth-order valence-electron chi connectivity index (χ4n) is 7.41. The van der Waals surface area contributed by atoms with E-state index in [4.69, 9.17) is 21.3 Å². The van der Waals surface area contributed by atoms with Gasteiger partial charge in [-0.25, -0.2) is 25.3 Å².